The van der Waals surface area contributed by atoms with Crippen LogP contribution in [0.3, 0.4) is 0 Å². The SMILES string of the molecule is CN(C)c1ccc(N=Nc2cccc[n+]2C)cc1.CS(=O)(=O)O[O-]. The first kappa shape index (κ1) is 19.7. The topological polar surface area (TPSA) is 98.3 Å². The molecule has 0 fully saturated rings. The summed E-state index contributed by atoms with van der Waals surface area (Å²) in [6.45, 7) is 0. The van der Waals surface area contributed by atoms with Crippen molar-refractivity contribution < 1.29 is 22.6 Å². The van der Waals surface area contributed by atoms with Gasteiger partial charge in [-0.05, 0) is 35.4 Å². The molecule has 0 amide bonds. The predicted molar refractivity (Wildman–Crippen MR) is 88.5 cm³/mol. The van der Waals surface area contributed by atoms with E-state index in [0.717, 1.165) is 17.2 Å². The Kier molecular flexibility index (Phi) is 7.43. The standard InChI is InChI=1S/C14H17N4.CH4O4S/c1-17(2)13-9-7-12(8-10-13)15-16-14-6-4-5-11-18(14)3;1-6(3,4)5-2/h4-11H,1-3H3;2H,1H3/q+1;/p-1. The molecule has 1 aromatic heterocycles. The highest BCUT2D eigenvalue weighted by Crippen LogP contribution is 2.19. The van der Waals surface area contributed by atoms with Crippen molar-refractivity contribution in [3.63, 3.8) is 0 Å². The second-order valence-electron chi connectivity index (χ2n) is 5.05. The third-order valence-electron chi connectivity index (χ3n) is 2.79. The molecule has 2 rings (SSSR count). The number of aromatic nitrogens is 1. The lowest BCUT2D eigenvalue weighted by atomic mass is 10.3. The number of nitrogens with zero attached hydrogens (tertiary/aromatic N) is 4. The van der Waals surface area contributed by atoms with Crippen molar-refractivity contribution in [2.75, 3.05) is 25.3 Å². The second-order valence-corrected chi connectivity index (χ2v) is 6.60. The molecule has 0 N–H and O–H groups in total. The van der Waals surface area contributed by atoms with Gasteiger partial charge in [-0.15, -0.1) is 0 Å². The van der Waals surface area contributed by atoms with E-state index in [-0.39, 0.29) is 0 Å². The van der Waals surface area contributed by atoms with Gasteiger partial charge in [-0.2, -0.15) is 0 Å². The van der Waals surface area contributed by atoms with E-state index in [1.54, 1.807) is 0 Å². The zero-order valence-corrected chi connectivity index (χ0v) is 14.8. The first-order chi connectivity index (χ1) is 11.2. The molecule has 0 aliphatic carbocycles. The summed E-state index contributed by atoms with van der Waals surface area (Å²) in [6.07, 6.45) is 2.63. The number of hydrogen-bond acceptors (Lipinski definition) is 7. The van der Waals surface area contributed by atoms with Crippen molar-refractivity contribution in [2.45, 2.75) is 0 Å². The summed E-state index contributed by atoms with van der Waals surface area (Å²) in [5, 5.41) is 17.3. The third-order valence-corrected chi connectivity index (χ3v) is 3.03. The molecule has 1 aromatic carbocycles. The summed E-state index contributed by atoms with van der Waals surface area (Å²) >= 11 is 0. The van der Waals surface area contributed by atoms with Gasteiger partial charge >= 0.3 is 5.82 Å². The molecule has 0 spiro atoms. The molecule has 0 bridgehead atoms. The van der Waals surface area contributed by atoms with Crippen molar-refractivity contribution in [2.24, 2.45) is 17.3 Å². The van der Waals surface area contributed by atoms with Crippen LogP contribution in [0.5, 0.6) is 0 Å². The van der Waals surface area contributed by atoms with Crippen molar-refractivity contribution >= 4 is 27.3 Å². The number of hydrogen-bond donors (Lipinski definition) is 0. The minimum absolute atomic E-state index is 0.681. The Bertz CT molecular complexity index is 774. The molecule has 0 unspecified atom stereocenters. The van der Waals surface area contributed by atoms with E-state index in [1.807, 2.05) is 74.4 Å². The van der Waals surface area contributed by atoms with Crippen molar-refractivity contribution in [3.05, 3.63) is 48.7 Å². The van der Waals surface area contributed by atoms with E-state index in [4.69, 9.17) is 5.26 Å². The highest BCUT2D eigenvalue weighted by molar-refractivity contribution is 7.85. The minimum atomic E-state index is -3.72. The van der Waals surface area contributed by atoms with Crippen LogP contribution in [0.15, 0.2) is 58.9 Å². The van der Waals surface area contributed by atoms with E-state index < -0.39 is 10.1 Å². The van der Waals surface area contributed by atoms with Gasteiger partial charge in [-0.25, -0.2) is 13.0 Å². The number of rotatable bonds is 4. The maximum Gasteiger partial charge on any atom is 0.350 e. The lowest BCUT2D eigenvalue weighted by Crippen LogP contribution is -2.26. The largest absolute Gasteiger partial charge is 0.707 e. The fourth-order valence-electron chi connectivity index (χ4n) is 1.54. The average Bonchev–Trinajstić information content (AvgIpc) is 2.54. The third kappa shape index (κ3) is 7.27. The van der Waals surface area contributed by atoms with Crippen LogP contribution in [-0.2, 0) is 21.5 Å². The molecule has 8 nitrogen and oxygen atoms in total. The number of benzene rings is 1. The van der Waals surface area contributed by atoms with Gasteiger partial charge in [-0.3, -0.25) is 0 Å². The second kappa shape index (κ2) is 9.06. The maximum absolute atomic E-state index is 9.47. The van der Waals surface area contributed by atoms with E-state index in [1.165, 1.54) is 0 Å². The highest BCUT2D eigenvalue weighted by atomic mass is 32.2. The molecule has 0 saturated carbocycles. The first-order valence-electron chi connectivity index (χ1n) is 6.88. The lowest BCUT2D eigenvalue weighted by Gasteiger charge is -2.11. The van der Waals surface area contributed by atoms with Crippen LogP contribution >= 0.6 is 0 Å². The normalized spacial score (nSPS) is 11.0. The van der Waals surface area contributed by atoms with Crippen LogP contribution in [0.4, 0.5) is 17.2 Å². The average molecular weight is 352 g/mol. The van der Waals surface area contributed by atoms with Gasteiger partial charge in [0.2, 0.25) is 0 Å². The molecule has 0 radical (unpaired) electrons. The van der Waals surface area contributed by atoms with Crippen LogP contribution in [-0.4, -0.2) is 28.8 Å². The first-order valence-corrected chi connectivity index (χ1v) is 8.70. The van der Waals surface area contributed by atoms with Gasteiger partial charge in [0.1, 0.15) is 5.69 Å². The van der Waals surface area contributed by atoms with E-state index in [2.05, 4.69) is 19.5 Å². The molecule has 1 heterocycles. The van der Waals surface area contributed by atoms with Crippen LogP contribution in [0, 0.1) is 0 Å². The molecule has 2 aromatic rings. The summed E-state index contributed by atoms with van der Waals surface area (Å²) in [7, 11) is 2.26. The van der Waals surface area contributed by atoms with Crippen LogP contribution < -0.4 is 14.7 Å². The van der Waals surface area contributed by atoms with E-state index in [0.29, 0.717) is 6.26 Å². The molecular formula is C15H20N4O4S. The zero-order chi connectivity index (χ0) is 18.2. The summed E-state index contributed by atoms with van der Waals surface area (Å²) in [5.41, 5.74) is 2.00. The van der Waals surface area contributed by atoms with Crippen LogP contribution in [0.2, 0.25) is 0 Å². The predicted octanol–water partition coefficient (Wildman–Crippen LogP) is 1.23. The van der Waals surface area contributed by atoms with Crippen molar-refractivity contribution in [1.82, 2.24) is 0 Å². The van der Waals surface area contributed by atoms with Gasteiger partial charge in [0.25, 0.3) is 10.1 Å². The van der Waals surface area contributed by atoms with Crippen molar-refractivity contribution in [1.29, 1.82) is 0 Å². The van der Waals surface area contributed by atoms with E-state index in [9.17, 15) is 8.42 Å². The Morgan fingerprint density at radius 3 is 2.12 bits per heavy atom. The molecule has 0 aliphatic heterocycles. The summed E-state index contributed by atoms with van der Waals surface area (Å²) in [6, 6.07) is 13.8. The molecule has 24 heavy (non-hydrogen) atoms. The smallest absolute Gasteiger partial charge is 0.350 e. The quantitative estimate of drug-likeness (QED) is 0.357. The lowest BCUT2D eigenvalue weighted by molar-refractivity contribution is -0.658. The zero-order valence-electron chi connectivity index (χ0n) is 13.9. The Morgan fingerprint density at radius 1 is 1.08 bits per heavy atom. The number of pyridine rings is 1. The monoisotopic (exact) mass is 352 g/mol. The molecule has 130 valence electrons. The minimum Gasteiger partial charge on any atom is -0.707 e. The summed E-state index contributed by atoms with van der Waals surface area (Å²) in [4.78, 5) is 2.05. The highest BCUT2D eigenvalue weighted by Gasteiger charge is 2.03. The summed E-state index contributed by atoms with van der Waals surface area (Å²) < 4.78 is 23.5. The van der Waals surface area contributed by atoms with Crippen molar-refractivity contribution in [3.8, 4) is 0 Å². The van der Waals surface area contributed by atoms with Gasteiger partial charge in [0, 0.05) is 25.8 Å². The molecule has 9 heteroatoms. The van der Waals surface area contributed by atoms with Gasteiger partial charge in [0.05, 0.1) is 24.6 Å². The van der Waals surface area contributed by atoms with Gasteiger partial charge < -0.3 is 14.5 Å². The molecule has 0 atom stereocenters. The number of azo groups is 1. The Labute approximate surface area is 141 Å². The van der Waals surface area contributed by atoms with Gasteiger partial charge in [0.15, 0.2) is 0 Å². The fourth-order valence-corrected chi connectivity index (χ4v) is 1.54. The maximum atomic E-state index is 9.47. The molecule has 0 saturated heterocycles. The van der Waals surface area contributed by atoms with E-state index >= 15 is 0 Å². The van der Waals surface area contributed by atoms with Gasteiger partial charge in [-0.1, -0.05) is 6.07 Å². The van der Waals surface area contributed by atoms with Crippen LogP contribution in [0.1, 0.15) is 0 Å². The Morgan fingerprint density at radius 2 is 1.67 bits per heavy atom. The Hall–Kier alpha value is -2.36. The number of aryl methyl sites for hydroxylation is 1. The summed E-state index contributed by atoms with van der Waals surface area (Å²) in [5.74, 6) is 0.828. The molecule has 0 aliphatic rings. The fraction of sp³-hybridized carbons (Fsp3) is 0.267. The Balaban J connectivity index is 0.000000413. The van der Waals surface area contributed by atoms with Crippen LogP contribution in [0.25, 0.3) is 0 Å². The number of anilines is 1. The molecular weight excluding hydrogens is 332 g/mol.